The minimum Gasteiger partial charge on any atom is -0.293 e. The molecule has 0 aliphatic heterocycles. The maximum atomic E-state index is 14.0. The van der Waals surface area contributed by atoms with Gasteiger partial charge in [0.1, 0.15) is 5.82 Å². The highest BCUT2D eigenvalue weighted by Gasteiger charge is 2.33. The highest BCUT2D eigenvalue weighted by atomic mass is 19.1. The highest BCUT2D eigenvalue weighted by Crippen LogP contribution is 2.30. The van der Waals surface area contributed by atoms with Crippen molar-refractivity contribution in [3.63, 3.8) is 0 Å². The molecule has 0 saturated carbocycles. The fourth-order valence-electron chi connectivity index (χ4n) is 2.64. The topological polar surface area (TPSA) is 17.1 Å². The molecule has 0 amide bonds. The zero-order valence-corrected chi connectivity index (χ0v) is 13.0. The zero-order valence-electron chi connectivity index (χ0n) is 13.0. The molecule has 2 heteroatoms. The number of benzene rings is 2. The van der Waals surface area contributed by atoms with Crippen molar-refractivity contribution in [2.75, 3.05) is 0 Å². The molecule has 2 aromatic rings. The van der Waals surface area contributed by atoms with E-state index in [-0.39, 0.29) is 11.6 Å². The van der Waals surface area contributed by atoms with E-state index in [1.807, 2.05) is 25.1 Å². The number of aryl methyl sites for hydroxylation is 2. The zero-order chi connectivity index (χ0) is 15.6. The standard InChI is InChI=1S/C19H21FO/c1-5-14-12-15(11-10-13(14)2)18(21)19(3,4)16-8-6-7-9-17(16)20/h6-12H,5H2,1-4H3. The van der Waals surface area contributed by atoms with Crippen LogP contribution in [0, 0.1) is 12.7 Å². The first-order valence-corrected chi connectivity index (χ1v) is 7.27. The summed E-state index contributed by atoms with van der Waals surface area (Å²) in [5.41, 5.74) is 2.54. The largest absolute Gasteiger partial charge is 0.293 e. The Labute approximate surface area is 125 Å². The third-order valence-electron chi connectivity index (χ3n) is 4.11. The predicted octanol–water partition coefficient (Wildman–Crippen LogP) is 4.86. The van der Waals surface area contributed by atoms with E-state index in [1.165, 1.54) is 11.6 Å². The van der Waals surface area contributed by atoms with E-state index in [0.29, 0.717) is 11.1 Å². The molecule has 21 heavy (non-hydrogen) atoms. The fourth-order valence-corrected chi connectivity index (χ4v) is 2.64. The Bertz CT molecular complexity index is 671. The molecular formula is C19H21FO. The smallest absolute Gasteiger partial charge is 0.172 e. The molecule has 0 fully saturated rings. The molecule has 2 rings (SSSR count). The third kappa shape index (κ3) is 2.90. The molecule has 0 spiro atoms. The van der Waals surface area contributed by atoms with Crippen LogP contribution in [0.1, 0.15) is 47.8 Å². The number of Topliss-reactive ketones (excluding diaryl/α,β-unsaturated/α-hetero) is 1. The van der Waals surface area contributed by atoms with Crippen LogP contribution in [-0.4, -0.2) is 5.78 Å². The number of carbonyl (C=O) groups excluding carboxylic acids is 1. The van der Waals surface area contributed by atoms with E-state index in [0.717, 1.165) is 12.0 Å². The molecule has 2 aromatic carbocycles. The maximum Gasteiger partial charge on any atom is 0.172 e. The first-order valence-electron chi connectivity index (χ1n) is 7.27. The molecule has 1 nitrogen and oxygen atoms in total. The van der Waals surface area contributed by atoms with Crippen molar-refractivity contribution < 1.29 is 9.18 Å². The van der Waals surface area contributed by atoms with Gasteiger partial charge in [-0.3, -0.25) is 4.79 Å². The second-order valence-electron chi connectivity index (χ2n) is 5.93. The van der Waals surface area contributed by atoms with Crippen molar-refractivity contribution in [2.45, 2.75) is 39.5 Å². The number of ketones is 1. The number of hydrogen-bond acceptors (Lipinski definition) is 1. The van der Waals surface area contributed by atoms with Crippen LogP contribution in [0.2, 0.25) is 0 Å². The van der Waals surface area contributed by atoms with Gasteiger partial charge in [0.15, 0.2) is 5.78 Å². The SMILES string of the molecule is CCc1cc(C(=O)C(C)(C)c2ccccc2F)ccc1C. The minimum atomic E-state index is -0.883. The second-order valence-corrected chi connectivity index (χ2v) is 5.93. The van der Waals surface area contributed by atoms with Crippen LogP contribution < -0.4 is 0 Å². The Morgan fingerprint density at radius 1 is 1.14 bits per heavy atom. The molecule has 110 valence electrons. The lowest BCUT2D eigenvalue weighted by Crippen LogP contribution is -2.30. The lowest BCUT2D eigenvalue weighted by atomic mass is 9.77. The normalized spacial score (nSPS) is 11.5. The van der Waals surface area contributed by atoms with Crippen molar-refractivity contribution in [1.29, 1.82) is 0 Å². The Hall–Kier alpha value is -1.96. The molecule has 0 aromatic heterocycles. The highest BCUT2D eigenvalue weighted by molar-refractivity contribution is 6.03. The van der Waals surface area contributed by atoms with Gasteiger partial charge in [0.2, 0.25) is 0 Å². The molecule has 0 saturated heterocycles. The summed E-state index contributed by atoms with van der Waals surface area (Å²) in [6, 6.07) is 12.2. The van der Waals surface area contributed by atoms with Crippen LogP contribution in [0.15, 0.2) is 42.5 Å². The first kappa shape index (κ1) is 15.4. The van der Waals surface area contributed by atoms with E-state index < -0.39 is 5.41 Å². The summed E-state index contributed by atoms with van der Waals surface area (Å²) in [5, 5.41) is 0. The van der Waals surface area contributed by atoms with Gasteiger partial charge in [-0.2, -0.15) is 0 Å². The van der Waals surface area contributed by atoms with Gasteiger partial charge in [0, 0.05) is 11.1 Å². The Morgan fingerprint density at radius 2 is 1.81 bits per heavy atom. The van der Waals surface area contributed by atoms with Crippen molar-refractivity contribution >= 4 is 5.78 Å². The van der Waals surface area contributed by atoms with Crippen LogP contribution in [0.25, 0.3) is 0 Å². The van der Waals surface area contributed by atoms with Gasteiger partial charge >= 0.3 is 0 Å². The molecule has 0 unspecified atom stereocenters. The molecule has 0 N–H and O–H groups in total. The minimum absolute atomic E-state index is 0.0534. The Kier molecular flexibility index (Phi) is 4.26. The van der Waals surface area contributed by atoms with Gasteiger partial charge in [-0.25, -0.2) is 4.39 Å². The monoisotopic (exact) mass is 284 g/mol. The molecule has 0 aliphatic carbocycles. The molecule has 0 radical (unpaired) electrons. The van der Waals surface area contributed by atoms with Crippen LogP contribution in [0.4, 0.5) is 4.39 Å². The van der Waals surface area contributed by atoms with Gasteiger partial charge in [0.05, 0.1) is 5.41 Å². The number of hydrogen-bond donors (Lipinski definition) is 0. The average molecular weight is 284 g/mol. The first-order chi connectivity index (χ1) is 9.87. The summed E-state index contributed by atoms with van der Waals surface area (Å²) in [7, 11) is 0. The van der Waals surface area contributed by atoms with Gasteiger partial charge in [0.25, 0.3) is 0 Å². The third-order valence-corrected chi connectivity index (χ3v) is 4.11. The summed E-state index contributed by atoms with van der Waals surface area (Å²) >= 11 is 0. The summed E-state index contributed by atoms with van der Waals surface area (Å²) in [4.78, 5) is 12.8. The maximum absolute atomic E-state index is 14.0. The van der Waals surface area contributed by atoms with Crippen molar-refractivity contribution in [3.05, 3.63) is 70.5 Å². The van der Waals surface area contributed by atoms with Crippen molar-refractivity contribution in [3.8, 4) is 0 Å². The van der Waals surface area contributed by atoms with Crippen LogP contribution in [0.3, 0.4) is 0 Å². The molecule has 0 atom stereocenters. The second kappa shape index (κ2) is 5.80. The van der Waals surface area contributed by atoms with Gasteiger partial charge in [-0.15, -0.1) is 0 Å². The Morgan fingerprint density at radius 3 is 2.43 bits per heavy atom. The van der Waals surface area contributed by atoms with E-state index in [2.05, 4.69) is 6.92 Å². The van der Waals surface area contributed by atoms with E-state index in [4.69, 9.17) is 0 Å². The lowest BCUT2D eigenvalue weighted by molar-refractivity contribution is 0.0906. The summed E-state index contributed by atoms with van der Waals surface area (Å²) in [6.45, 7) is 7.66. The molecular weight excluding hydrogens is 263 g/mol. The Balaban J connectivity index is 2.46. The quantitative estimate of drug-likeness (QED) is 0.733. The fraction of sp³-hybridized carbons (Fsp3) is 0.316. The average Bonchev–Trinajstić information content (AvgIpc) is 2.47. The van der Waals surface area contributed by atoms with Gasteiger partial charge in [-0.05, 0) is 50.5 Å². The summed E-state index contributed by atoms with van der Waals surface area (Å²) < 4.78 is 14.0. The molecule has 0 heterocycles. The molecule has 0 aliphatic rings. The lowest BCUT2D eigenvalue weighted by Gasteiger charge is -2.24. The molecule has 0 bridgehead atoms. The number of rotatable bonds is 4. The van der Waals surface area contributed by atoms with E-state index in [1.54, 1.807) is 32.0 Å². The number of carbonyl (C=O) groups is 1. The van der Waals surface area contributed by atoms with Gasteiger partial charge in [-0.1, -0.05) is 37.3 Å². The predicted molar refractivity (Wildman–Crippen MR) is 84.3 cm³/mol. The van der Waals surface area contributed by atoms with Crippen LogP contribution in [-0.2, 0) is 11.8 Å². The van der Waals surface area contributed by atoms with Gasteiger partial charge < -0.3 is 0 Å². The summed E-state index contributed by atoms with van der Waals surface area (Å²) in [5.74, 6) is -0.388. The van der Waals surface area contributed by atoms with Crippen LogP contribution >= 0.6 is 0 Å². The van der Waals surface area contributed by atoms with Crippen molar-refractivity contribution in [2.24, 2.45) is 0 Å². The van der Waals surface area contributed by atoms with E-state index in [9.17, 15) is 9.18 Å². The number of halogens is 1. The van der Waals surface area contributed by atoms with Crippen LogP contribution in [0.5, 0.6) is 0 Å². The summed E-state index contributed by atoms with van der Waals surface area (Å²) in [6.07, 6.45) is 0.882. The van der Waals surface area contributed by atoms with Crippen molar-refractivity contribution in [1.82, 2.24) is 0 Å². The van der Waals surface area contributed by atoms with E-state index >= 15 is 0 Å².